The summed E-state index contributed by atoms with van der Waals surface area (Å²) in [5.41, 5.74) is 2.46. The second kappa shape index (κ2) is 8.81. The smallest absolute Gasteiger partial charge is 0.264 e. The molecule has 25 heavy (non-hydrogen) atoms. The van der Waals surface area contributed by atoms with Gasteiger partial charge < -0.3 is 10.1 Å². The Labute approximate surface area is 148 Å². The number of ether oxygens (including phenoxy) is 1. The van der Waals surface area contributed by atoms with Crippen LogP contribution in [0, 0.1) is 12.8 Å². The van der Waals surface area contributed by atoms with E-state index in [1.54, 1.807) is 6.07 Å². The molecule has 5 heteroatoms. The zero-order valence-electron chi connectivity index (χ0n) is 14.9. The van der Waals surface area contributed by atoms with Gasteiger partial charge in [-0.1, -0.05) is 18.6 Å². The molecule has 1 saturated heterocycles. The maximum absolute atomic E-state index is 11.5. The number of benzene rings is 1. The van der Waals surface area contributed by atoms with Crippen LogP contribution in [0.15, 0.2) is 35.1 Å². The van der Waals surface area contributed by atoms with E-state index < -0.39 is 0 Å². The molecule has 2 aromatic rings. The van der Waals surface area contributed by atoms with Crippen LogP contribution in [0.5, 0.6) is 5.75 Å². The molecule has 0 aliphatic carbocycles. The van der Waals surface area contributed by atoms with E-state index in [0.717, 1.165) is 48.1 Å². The molecule has 1 atom stereocenters. The number of aryl methyl sites for hydroxylation is 1. The third kappa shape index (κ3) is 5.16. The number of nitrogens with one attached hydrogen (secondary N) is 2. The Morgan fingerprint density at radius 1 is 1.24 bits per heavy atom. The van der Waals surface area contributed by atoms with Gasteiger partial charge in [-0.15, -0.1) is 0 Å². The second-order valence-electron chi connectivity index (χ2n) is 6.81. The molecule has 134 valence electrons. The third-order valence-corrected chi connectivity index (χ3v) is 4.84. The molecule has 1 fully saturated rings. The van der Waals surface area contributed by atoms with Crippen molar-refractivity contribution in [3.05, 3.63) is 46.4 Å². The lowest BCUT2D eigenvalue weighted by atomic mass is 9.98. The lowest BCUT2D eigenvalue weighted by Gasteiger charge is -2.14. The highest BCUT2D eigenvalue weighted by Crippen LogP contribution is 2.23. The van der Waals surface area contributed by atoms with Gasteiger partial charge in [0, 0.05) is 11.6 Å². The number of aromatic nitrogens is 2. The van der Waals surface area contributed by atoms with Crippen LogP contribution in [-0.2, 0) is 0 Å². The largest absolute Gasteiger partial charge is 0.494 e. The van der Waals surface area contributed by atoms with Crippen molar-refractivity contribution in [2.75, 3.05) is 19.7 Å². The molecule has 1 aromatic carbocycles. The summed E-state index contributed by atoms with van der Waals surface area (Å²) in [5.74, 6) is 1.67. The van der Waals surface area contributed by atoms with E-state index in [9.17, 15) is 4.79 Å². The van der Waals surface area contributed by atoms with Crippen molar-refractivity contribution in [1.82, 2.24) is 15.5 Å². The Kier molecular flexibility index (Phi) is 6.23. The Morgan fingerprint density at radius 3 is 2.92 bits per heavy atom. The highest BCUT2D eigenvalue weighted by atomic mass is 16.5. The van der Waals surface area contributed by atoms with Crippen molar-refractivity contribution in [3.8, 4) is 16.9 Å². The fourth-order valence-electron chi connectivity index (χ4n) is 3.39. The number of hydrogen-bond acceptors (Lipinski definition) is 4. The molecular formula is C20H27N3O2. The molecule has 0 bridgehead atoms. The Morgan fingerprint density at radius 2 is 2.08 bits per heavy atom. The van der Waals surface area contributed by atoms with Crippen molar-refractivity contribution in [2.24, 2.45) is 5.92 Å². The minimum atomic E-state index is -0.186. The van der Waals surface area contributed by atoms with E-state index in [4.69, 9.17) is 4.74 Å². The predicted octanol–water partition coefficient (Wildman–Crippen LogP) is 3.29. The van der Waals surface area contributed by atoms with Crippen LogP contribution in [-0.4, -0.2) is 29.9 Å². The molecule has 1 aliphatic rings. The van der Waals surface area contributed by atoms with Crippen molar-refractivity contribution in [3.63, 3.8) is 0 Å². The number of rotatable bonds is 6. The van der Waals surface area contributed by atoms with Gasteiger partial charge in [-0.05, 0) is 69.3 Å². The minimum absolute atomic E-state index is 0.186. The van der Waals surface area contributed by atoms with Crippen LogP contribution >= 0.6 is 0 Å². The van der Waals surface area contributed by atoms with Gasteiger partial charge in [0.05, 0.1) is 12.3 Å². The summed E-state index contributed by atoms with van der Waals surface area (Å²) in [7, 11) is 0. The Bertz CT molecular complexity index is 716. The molecule has 1 aromatic heterocycles. The molecule has 5 nitrogen and oxygen atoms in total. The van der Waals surface area contributed by atoms with Crippen LogP contribution in [0.1, 0.15) is 37.8 Å². The first kappa shape index (κ1) is 17.7. The van der Waals surface area contributed by atoms with E-state index in [-0.39, 0.29) is 5.56 Å². The van der Waals surface area contributed by atoms with Gasteiger partial charge in [0.15, 0.2) is 0 Å². The monoisotopic (exact) mass is 341 g/mol. The van der Waals surface area contributed by atoms with Gasteiger partial charge in [-0.25, -0.2) is 5.10 Å². The summed E-state index contributed by atoms with van der Waals surface area (Å²) in [6.45, 7) is 4.96. The summed E-state index contributed by atoms with van der Waals surface area (Å²) >= 11 is 0. The minimum Gasteiger partial charge on any atom is -0.494 e. The zero-order valence-corrected chi connectivity index (χ0v) is 14.9. The lowest BCUT2D eigenvalue weighted by Crippen LogP contribution is -2.20. The molecule has 1 unspecified atom stereocenters. The molecular weight excluding hydrogens is 314 g/mol. The fourth-order valence-corrected chi connectivity index (χ4v) is 3.39. The summed E-state index contributed by atoms with van der Waals surface area (Å²) in [5, 5.41) is 9.98. The maximum atomic E-state index is 11.5. The van der Waals surface area contributed by atoms with E-state index >= 15 is 0 Å². The first-order valence-electron chi connectivity index (χ1n) is 9.22. The molecule has 0 saturated carbocycles. The molecule has 0 amide bonds. The summed E-state index contributed by atoms with van der Waals surface area (Å²) in [6.07, 6.45) is 6.30. The number of hydrogen-bond donors (Lipinski definition) is 2. The Balaban J connectivity index is 1.49. The molecule has 0 spiro atoms. The van der Waals surface area contributed by atoms with Gasteiger partial charge in [0.25, 0.3) is 5.56 Å². The van der Waals surface area contributed by atoms with Crippen molar-refractivity contribution < 1.29 is 4.74 Å². The third-order valence-electron chi connectivity index (χ3n) is 4.84. The summed E-state index contributed by atoms with van der Waals surface area (Å²) in [4.78, 5) is 11.5. The van der Waals surface area contributed by atoms with Crippen LogP contribution in [0.4, 0.5) is 0 Å². The van der Waals surface area contributed by atoms with Gasteiger partial charge in [-0.3, -0.25) is 4.79 Å². The van der Waals surface area contributed by atoms with Crippen molar-refractivity contribution >= 4 is 0 Å². The van der Waals surface area contributed by atoms with Crippen LogP contribution in [0.25, 0.3) is 11.1 Å². The maximum Gasteiger partial charge on any atom is 0.264 e. The van der Waals surface area contributed by atoms with Crippen molar-refractivity contribution in [1.29, 1.82) is 0 Å². The first-order valence-corrected chi connectivity index (χ1v) is 9.22. The standard InChI is InChI=1S/C20H27N3O2/c1-15-19(13-20(24)23-22-15)17-7-9-18(10-8-17)25-12-4-6-16-5-2-3-11-21-14-16/h7-10,13,16,21H,2-6,11-12,14H2,1H3,(H,23,24). The average Bonchev–Trinajstić information content (AvgIpc) is 2.90. The molecule has 2 heterocycles. The predicted molar refractivity (Wildman–Crippen MR) is 100.0 cm³/mol. The van der Waals surface area contributed by atoms with E-state index in [0.29, 0.717) is 0 Å². The highest BCUT2D eigenvalue weighted by Gasteiger charge is 2.11. The average molecular weight is 341 g/mol. The van der Waals surface area contributed by atoms with Crippen LogP contribution < -0.4 is 15.6 Å². The van der Waals surface area contributed by atoms with E-state index in [1.165, 1.54) is 32.2 Å². The zero-order chi connectivity index (χ0) is 17.5. The number of aromatic amines is 1. The van der Waals surface area contributed by atoms with Crippen molar-refractivity contribution in [2.45, 2.75) is 39.0 Å². The lowest BCUT2D eigenvalue weighted by molar-refractivity contribution is 0.288. The fraction of sp³-hybridized carbons (Fsp3) is 0.500. The van der Waals surface area contributed by atoms with E-state index in [1.807, 2.05) is 31.2 Å². The normalized spacial score (nSPS) is 17.9. The van der Waals surface area contributed by atoms with E-state index in [2.05, 4.69) is 15.5 Å². The molecule has 1 aliphatic heterocycles. The van der Waals surface area contributed by atoms with Gasteiger partial charge in [0.2, 0.25) is 0 Å². The second-order valence-corrected chi connectivity index (χ2v) is 6.81. The van der Waals surface area contributed by atoms with Gasteiger partial charge in [0.1, 0.15) is 5.75 Å². The van der Waals surface area contributed by atoms with Crippen LogP contribution in [0.2, 0.25) is 0 Å². The molecule has 3 rings (SSSR count). The Hall–Kier alpha value is -2.14. The topological polar surface area (TPSA) is 67.0 Å². The first-order chi connectivity index (χ1) is 12.2. The highest BCUT2D eigenvalue weighted by molar-refractivity contribution is 5.65. The molecule has 0 radical (unpaired) electrons. The molecule has 2 N–H and O–H groups in total. The quantitative estimate of drug-likeness (QED) is 0.791. The van der Waals surface area contributed by atoms with Gasteiger partial charge >= 0.3 is 0 Å². The summed E-state index contributed by atoms with van der Waals surface area (Å²) < 4.78 is 5.87. The van der Waals surface area contributed by atoms with Gasteiger partial charge in [-0.2, -0.15) is 5.10 Å². The SMILES string of the molecule is Cc1n[nH]c(=O)cc1-c1ccc(OCCCC2CCCCNC2)cc1. The van der Waals surface area contributed by atoms with Crippen LogP contribution in [0.3, 0.4) is 0 Å². The number of H-pyrrole nitrogens is 1. The number of nitrogens with zero attached hydrogens (tertiary/aromatic N) is 1. The summed E-state index contributed by atoms with van der Waals surface area (Å²) in [6, 6.07) is 9.47.